The van der Waals surface area contributed by atoms with Crippen LogP contribution in [0.4, 0.5) is 11.5 Å². The standard InChI is InChI=1S/C29H32N8O2/c1-38-25-17-35(18-25)22-8-26(29(34-13-22)21(9-30)10-31)20-4-5-27(32-12-20)36-15-23-7-24(16-36)37(23)14-19-3-6-28(39-2)33-11-19/h3-6,8-9,11-13,23-25H,7,14-18,30H2,1-2H3. The van der Waals surface area contributed by atoms with E-state index in [0.717, 1.165) is 55.4 Å². The molecule has 0 spiro atoms. The summed E-state index contributed by atoms with van der Waals surface area (Å²) >= 11 is 0. The summed E-state index contributed by atoms with van der Waals surface area (Å²) in [4.78, 5) is 20.9. The number of anilines is 2. The van der Waals surface area contributed by atoms with Crippen LogP contribution in [0.15, 0.2) is 55.1 Å². The highest BCUT2D eigenvalue weighted by molar-refractivity contribution is 5.86. The lowest BCUT2D eigenvalue weighted by Crippen LogP contribution is -2.68. The maximum Gasteiger partial charge on any atom is 0.212 e. The minimum absolute atomic E-state index is 0.229. The van der Waals surface area contributed by atoms with E-state index < -0.39 is 0 Å². The molecule has 7 rings (SSSR count). The van der Waals surface area contributed by atoms with Crippen molar-refractivity contribution in [3.63, 3.8) is 0 Å². The summed E-state index contributed by atoms with van der Waals surface area (Å²) in [6.07, 6.45) is 8.32. The molecule has 4 aliphatic rings. The highest BCUT2D eigenvalue weighted by Crippen LogP contribution is 2.37. The second-order valence-corrected chi connectivity index (χ2v) is 10.3. The van der Waals surface area contributed by atoms with E-state index in [1.807, 2.05) is 18.5 Å². The summed E-state index contributed by atoms with van der Waals surface area (Å²) in [7, 11) is 3.37. The Morgan fingerprint density at radius 1 is 1.03 bits per heavy atom. The number of nitriles is 1. The maximum absolute atomic E-state index is 9.63. The molecule has 4 saturated heterocycles. The molecule has 2 bridgehead atoms. The summed E-state index contributed by atoms with van der Waals surface area (Å²) in [5.41, 5.74) is 10.6. The van der Waals surface area contributed by atoms with Crippen molar-refractivity contribution in [3.8, 4) is 23.1 Å². The fourth-order valence-electron chi connectivity index (χ4n) is 5.73. The van der Waals surface area contributed by atoms with Gasteiger partial charge in [0.1, 0.15) is 11.9 Å². The van der Waals surface area contributed by atoms with Crippen LogP contribution in [0.2, 0.25) is 0 Å². The van der Waals surface area contributed by atoms with Crippen molar-refractivity contribution in [2.24, 2.45) is 5.73 Å². The molecule has 0 amide bonds. The number of rotatable bonds is 8. The number of hydrogen-bond acceptors (Lipinski definition) is 10. The molecule has 0 aliphatic carbocycles. The number of piperazine rings is 1. The number of nitrogens with two attached hydrogens (primary N) is 1. The summed E-state index contributed by atoms with van der Waals surface area (Å²) in [6.45, 7) is 4.42. The van der Waals surface area contributed by atoms with Crippen LogP contribution in [-0.2, 0) is 11.3 Å². The van der Waals surface area contributed by atoms with Crippen molar-refractivity contribution >= 4 is 17.1 Å². The van der Waals surface area contributed by atoms with Crippen LogP contribution in [0.5, 0.6) is 5.88 Å². The van der Waals surface area contributed by atoms with Crippen molar-refractivity contribution in [3.05, 3.63) is 66.4 Å². The van der Waals surface area contributed by atoms with E-state index >= 15 is 0 Å². The fourth-order valence-corrected chi connectivity index (χ4v) is 5.73. The molecule has 0 saturated carbocycles. The monoisotopic (exact) mass is 524 g/mol. The van der Waals surface area contributed by atoms with Crippen molar-refractivity contribution < 1.29 is 9.47 Å². The Labute approximate surface area is 228 Å². The highest BCUT2D eigenvalue weighted by atomic mass is 16.5. The van der Waals surface area contributed by atoms with Gasteiger partial charge in [-0.25, -0.2) is 9.97 Å². The van der Waals surface area contributed by atoms with Crippen LogP contribution in [-0.4, -0.2) is 78.4 Å². The van der Waals surface area contributed by atoms with E-state index in [-0.39, 0.29) is 6.10 Å². The van der Waals surface area contributed by atoms with Crippen molar-refractivity contribution in [1.82, 2.24) is 19.9 Å². The van der Waals surface area contributed by atoms with Gasteiger partial charge in [-0.15, -0.1) is 0 Å². The van der Waals surface area contributed by atoms with Crippen LogP contribution in [0.1, 0.15) is 17.7 Å². The maximum atomic E-state index is 9.63. The van der Waals surface area contributed by atoms with Gasteiger partial charge in [0.15, 0.2) is 0 Å². The van der Waals surface area contributed by atoms with Crippen molar-refractivity contribution in [2.45, 2.75) is 31.2 Å². The molecule has 4 fully saturated rings. The van der Waals surface area contributed by atoms with Crippen molar-refractivity contribution in [2.75, 3.05) is 50.2 Å². The van der Waals surface area contributed by atoms with Gasteiger partial charge < -0.3 is 25.0 Å². The Hall–Kier alpha value is -4.20. The number of methoxy groups -OCH3 is 2. The van der Waals surface area contributed by atoms with E-state index in [9.17, 15) is 5.26 Å². The first kappa shape index (κ1) is 25.1. The van der Waals surface area contributed by atoms with Gasteiger partial charge in [-0.05, 0) is 30.2 Å². The summed E-state index contributed by atoms with van der Waals surface area (Å²) in [6, 6.07) is 13.4. The van der Waals surface area contributed by atoms with E-state index in [1.165, 1.54) is 18.2 Å². The molecular formula is C29H32N8O2. The topological polar surface area (TPSA) is 117 Å². The molecule has 39 heavy (non-hydrogen) atoms. The average molecular weight is 525 g/mol. The molecule has 4 aliphatic heterocycles. The van der Waals surface area contributed by atoms with Crippen LogP contribution >= 0.6 is 0 Å². The Kier molecular flexibility index (Phi) is 6.77. The zero-order valence-electron chi connectivity index (χ0n) is 22.2. The third-order valence-corrected chi connectivity index (χ3v) is 8.06. The smallest absolute Gasteiger partial charge is 0.212 e. The van der Waals surface area contributed by atoms with Crippen LogP contribution in [0.3, 0.4) is 0 Å². The summed E-state index contributed by atoms with van der Waals surface area (Å²) in [5, 5.41) is 9.63. The average Bonchev–Trinajstić information content (AvgIpc) is 2.97. The lowest BCUT2D eigenvalue weighted by atomic mass is 9.87. The molecule has 2 unspecified atom stereocenters. The van der Waals surface area contributed by atoms with Gasteiger partial charge >= 0.3 is 0 Å². The fraction of sp³-hybridized carbons (Fsp3) is 0.379. The van der Waals surface area contributed by atoms with E-state index in [1.54, 1.807) is 20.4 Å². The normalized spacial score (nSPS) is 21.2. The highest BCUT2D eigenvalue weighted by Gasteiger charge is 2.44. The Morgan fingerprint density at radius 3 is 2.46 bits per heavy atom. The minimum atomic E-state index is 0.229. The Bertz CT molecular complexity index is 1380. The zero-order valence-corrected chi connectivity index (χ0v) is 22.2. The van der Waals surface area contributed by atoms with Gasteiger partial charge in [0, 0.05) is 87.7 Å². The Balaban J connectivity index is 1.17. The number of hydrogen-bond donors (Lipinski definition) is 1. The molecule has 10 heteroatoms. The molecule has 0 radical (unpaired) electrons. The van der Waals surface area contributed by atoms with E-state index in [2.05, 4.69) is 55.0 Å². The molecule has 10 nitrogen and oxygen atoms in total. The molecule has 3 aromatic heterocycles. The first-order valence-electron chi connectivity index (χ1n) is 13.2. The third-order valence-electron chi connectivity index (χ3n) is 8.06. The SMILES string of the molecule is COc1ccc(CN2C3CC2CN(c2ccc(-c4cc(N5CC(OC)C5)cnc4C(C#N)=CN)cn2)C3)cn1. The molecule has 2 atom stereocenters. The first-order valence-corrected chi connectivity index (χ1v) is 13.2. The predicted octanol–water partition coefficient (Wildman–Crippen LogP) is 2.67. The summed E-state index contributed by atoms with van der Waals surface area (Å²) < 4.78 is 10.6. The molecule has 3 aromatic rings. The molecule has 0 aromatic carbocycles. The van der Waals surface area contributed by atoms with Crippen LogP contribution in [0.25, 0.3) is 16.7 Å². The third kappa shape index (κ3) is 4.75. The van der Waals surface area contributed by atoms with Gasteiger partial charge in [0.2, 0.25) is 5.88 Å². The van der Waals surface area contributed by atoms with E-state index in [4.69, 9.17) is 20.2 Å². The van der Waals surface area contributed by atoms with Gasteiger partial charge in [-0.3, -0.25) is 9.88 Å². The minimum Gasteiger partial charge on any atom is -0.481 e. The van der Waals surface area contributed by atoms with Gasteiger partial charge in [0.05, 0.1) is 36.4 Å². The molecule has 2 N–H and O–H groups in total. The number of nitrogens with zero attached hydrogens (tertiary/aromatic N) is 7. The lowest BCUT2D eigenvalue weighted by molar-refractivity contribution is -0.00876. The van der Waals surface area contributed by atoms with Gasteiger partial charge in [-0.2, -0.15) is 5.26 Å². The van der Waals surface area contributed by atoms with Gasteiger partial charge in [0.25, 0.3) is 0 Å². The predicted molar refractivity (Wildman–Crippen MR) is 149 cm³/mol. The van der Waals surface area contributed by atoms with Crippen LogP contribution < -0.4 is 20.3 Å². The van der Waals surface area contributed by atoms with E-state index in [0.29, 0.717) is 29.2 Å². The molecular weight excluding hydrogens is 492 g/mol. The summed E-state index contributed by atoms with van der Waals surface area (Å²) in [5.74, 6) is 1.60. The number of fused-ring (bicyclic) bond motifs is 2. The zero-order chi connectivity index (χ0) is 26.9. The first-order chi connectivity index (χ1) is 19.1. The number of ether oxygens (including phenoxy) is 2. The second-order valence-electron chi connectivity index (χ2n) is 10.3. The Morgan fingerprint density at radius 2 is 1.85 bits per heavy atom. The quantitative estimate of drug-likeness (QED) is 0.441. The second kappa shape index (κ2) is 10.5. The number of allylic oxidation sites excluding steroid dienone is 1. The number of pyridine rings is 3. The number of aromatic nitrogens is 3. The van der Waals surface area contributed by atoms with Crippen LogP contribution in [0, 0.1) is 11.3 Å². The molecule has 200 valence electrons. The van der Waals surface area contributed by atoms with Crippen molar-refractivity contribution in [1.29, 1.82) is 5.26 Å². The lowest BCUT2D eigenvalue weighted by Gasteiger charge is -2.56. The largest absolute Gasteiger partial charge is 0.481 e. The number of piperidine rings is 1. The molecule has 7 heterocycles. The van der Waals surface area contributed by atoms with Gasteiger partial charge in [-0.1, -0.05) is 6.07 Å².